The molecule has 1 aromatic heterocycles. The number of benzene rings is 1. The molecule has 0 radical (unpaired) electrons. The van der Waals surface area contributed by atoms with Gasteiger partial charge >= 0.3 is 0 Å². The molecular weight excluding hydrogens is 276 g/mol. The number of halogens is 1. The molecule has 0 aliphatic heterocycles. The SMILES string of the molecule is CCc1ccc(CC(NN)c2ccc(Cl)cc2C)s1. The standard InChI is InChI=1S/C15H19ClN2S/c1-3-12-5-6-13(19-12)9-15(18-17)14-7-4-11(16)8-10(14)2/h4-8,15,18H,3,9,17H2,1-2H3. The number of nitrogens with one attached hydrogen (secondary N) is 1. The lowest BCUT2D eigenvalue weighted by molar-refractivity contribution is 0.553. The summed E-state index contributed by atoms with van der Waals surface area (Å²) in [5.41, 5.74) is 5.29. The first-order valence-corrected chi connectivity index (χ1v) is 7.63. The highest BCUT2D eigenvalue weighted by Crippen LogP contribution is 2.27. The van der Waals surface area contributed by atoms with E-state index in [0.29, 0.717) is 0 Å². The summed E-state index contributed by atoms with van der Waals surface area (Å²) in [5, 5.41) is 0.765. The Morgan fingerprint density at radius 2 is 2.00 bits per heavy atom. The molecular formula is C15H19ClN2S. The minimum atomic E-state index is 0.126. The van der Waals surface area contributed by atoms with Gasteiger partial charge in [0.2, 0.25) is 0 Å². The normalized spacial score (nSPS) is 12.6. The smallest absolute Gasteiger partial charge is 0.0510 e. The highest BCUT2D eigenvalue weighted by molar-refractivity contribution is 7.11. The van der Waals surface area contributed by atoms with E-state index in [-0.39, 0.29) is 6.04 Å². The Morgan fingerprint density at radius 3 is 2.58 bits per heavy atom. The highest BCUT2D eigenvalue weighted by atomic mass is 35.5. The average Bonchev–Trinajstić information content (AvgIpc) is 2.84. The lowest BCUT2D eigenvalue weighted by Crippen LogP contribution is -2.29. The van der Waals surface area contributed by atoms with Gasteiger partial charge < -0.3 is 0 Å². The molecule has 2 nitrogen and oxygen atoms in total. The second kappa shape index (κ2) is 6.53. The molecule has 0 spiro atoms. The van der Waals surface area contributed by atoms with Crippen LogP contribution in [0.3, 0.4) is 0 Å². The molecule has 0 fully saturated rings. The monoisotopic (exact) mass is 294 g/mol. The Labute approximate surface area is 123 Å². The predicted molar refractivity (Wildman–Crippen MR) is 83.7 cm³/mol. The van der Waals surface area contributed by atoms with E-state index in [1.807, 2.05) is 23.5 Å². The van der Waals surface area contributed by atoms with Gasteiger partial charge in [-0.1, -0.05) is 24.6 Å². The topological polar surface area (TPSA) is 38.0 Å². The fourth-order valence-electron chi connectivity index (χ4n) is 2.21. The minimum absolute atomic E-state index is 0.126. The van der Waals surface area contributed by atoms with Crippen molar-refractivity contribution in [3.63, 3.8) is 0 Å². The van der Waals surface area contributed by atoms with E-state index in [1.165, 1.54) is 20.9 Å². The van der Waals surface area contributed by atoms with Crippen LogP contribution in [0.2, 0.25) is 5.02 Å². The number of rotatable bonds is 5. The number of hydrogen-bond donors (Lipinski definition) is 2. The van der Waals surface area contributed by atoms with Gasteiger partial charge in [0.1, 0.15) is 0 Å². The van der Waals surface area contributed by atoms with Crippen LogP contribution >= 0.6 is 22.9 Å². The molecule has 0 aliphatic rings. The van der Waals surface area contributed by atoms with Crippen molar-refractivity contribution in [2.24, 2.45) is 5.84 Å². The molecule has 0 aliphatic carbocycles. The van der Waals surface area contributed by atoms with E-state index >= 15 is 0 Å². The highest BCUT2D eigenvalue weighted by Gasteiger charge is 2.14. The zero-order chi connectivity index (χ0) is 13.8. The van der Waals surface area contributed by atoms with Crippen molar-refractivity contribution in [3.8, 4) is 0 Å². The van der Waals surface area contributed by atoms with Crippen LogP contribution in [-0.4, -0.2) is 0 Å². The first-order chi connectivity index (χ1) is 9.13. The largest absolute Gasteiger partial charge is 0.271 e. The van der Waals surface area contributed by atoms with Gasteiger partial charge in [-0.15, -0.1) is 11.3 Å². The molecule has 1 heterocycles. The van der Waals surface area contributed by atoms with E-state index in [4.69, 9.17) is 17.4 Å². The van der Waals surface area contributed by atoms with Gasteiger partial charge in [0.15, 0.2) is 0 Å². The van der Waals surface area contributed by atoms with Crippen molar-refractivity contribution in [2.45, 2.75) is 32.7 Å². The van der Waals surface area contributed by atoms with Crippen molar-refractivity contribution >= 4 is 22.9 Å². The van der Waals surface area contributed by atoms with Crippen LogP contribution in [0.4, 0.5) is 0 Å². The summed E-state index contributed by atoms with van der Waals surface area (Å²) in [5.74, 6) is 5.72. The molecule has 2 aromatic rings. The van der Waals surface area contributed by atoms with E-state index in [1.54, 1.807) is 0 Å². The van der Waals surface area contributed by atoms with E-state index < -0.39 is 0 Å². The zero-order valence-corrected chi connectivity index (χ0v) is 12.8. The van der Waals surface area contributed by atoms with Crippen molar-refractivity contribution in [1.82, 2.24) is 5.43 Å². The van der Waals surface area contributed by atoms with Crippen LogP contribution in [0, 0.1) is 6.92 Å². The van der Waals surface area contributed by atoms with Crippen molar-refractivity contribution in [3.05, 3.63) is 56.2 Å². The zero-order valence-electron chi connectivity index (χ0n) is 11.2. The number of nitrogens with two attached hydrogens (primary N) is 1. The molecule has 0 saturated heterocycles. The summed E-state index contributed by atoms with van der Waals surface area (Å²) in [6.45, 7) is 4.25. The van der Waals surface area contributed by atoms with Gasteiger partial charge in [-0.05, 0) is 48.7 Å². The third kappa shape index (κ3) is 3.57. The molecule has 3 N–H and O–H groups in total. The fourth-order valence-corrected chi connectivity index (χ4v) is 3.44. The molecule has 4 heteroatoms. The molecule has 1 atom stereocenters. The summed E-state index contributed by atoms with van der Waals surface area (Å²) in [4.78, 5) is 2.77. The minimum Gasteiger partial charge on any atom is -0.271 e. The number of aryl methyl sites for hydroxylation is 2. The van der Waals surface area contributed by atoms with Crippen molar-refractivity contribution in [1.29, 1.82) is 0 Å². The van der Waals surface area contributed by atoms with Gasteiger partial charge in [-0.25, -0.2) is 0 Å². The van der Waals surface area contributed by atoms with Gasteiger partial charge in [0, 0.05) is 21.2 Å². The molecule has 0 saturated carbocycles. The summed E-state index contributed by atoms with van der Waals surface area (Å²) in [6.07, 6.45) is 2.00. The first kappa shape index (κ1) is 14.5. The summed E-state index contributed by atoms with van der Waals surface area (Å²) >= 11 is 7.86. The Bertz CT molecular complexity index is 551. The van der Waals surface area contributed by atoms with Crippen LogP contribution in [0.5, 0.6) is 0 Å². The van der Waals surface area contributed by atoms with Crippen LogP contribution in [0.15, 0.2) is 30.3 Å². The van der Waals surface area contributed by atoms with Gasteiger partial charge in [-0.3, -0.25) is 11.3 Å². The third-order valence-electron chi connectivity index (χ3n) is 3.28. The second-order valence-electron chi connectivity index (χ2n) is 4.65. The third-order valence-corrected chi connectivity index (χ3v) is 4.77. The van der Waals surface area contributed by atoms with Gasteiger partial charge in [0.05, 0.1) is 6.04 Å². The van der Waals surface area contributed by atoms with E-state index in [0.717, 1.165) is 17.9 Å². The van der Waals surface area contributed by atoms with Crippen molar-refractivity contribution in [2.75, 3.05) is 0 Å². The average molecular weight is 295 g/mol. The van der Waals surface area contributed by atoms with Crippen molar-refractivity contribution < 1.29 is 0 Å². The summed E-state index contributed by atoms with van der Waals surface area (Å²) in [6, 6.07) is 10.5. The summed E-state index contributed by atoms with van der Waals surface area (Å²) < 4.78 is 0. The molecule has 2 rings (SSSR count). The van der Waals surface area contributed by atoms with E-state index in [9.17, 15) is 0 Å². The fraction of sp³-hybridized carbons (Fsp3) is 0.333. The van der Waals surface area contributed by atoms with Gasteiger partial charge in [0.25, 0.3) is 0 Å². The van der Waals surface area contributed by atoms with Crippen LogP contribution in [-0.2, 0) is 12.8 Å². The lowest BCUT2D eigenvalue weighted by atomic mass is 9.99. The molecule has 19 heavy (non-hydrogen) atoms. The van der Waals surface area contributed by atoms with Crippen LogP contribution < -0.4 is 11.3 Å². The maximum absolute atomic E-state index is 6.00. The Hall–Kier alpha value is -0.870. The Morgan fingerprint density at radius 1 is 1.26 bits per heavy atom. The number of hydrogen-bond acceptors (Lipinski definition) is 3. The molecule has 102 valence electrons. The summed E-state index contributed by atoms with van der Waals surface area (Å²) in [7, 11) is 0. The van der Waals surface area contributed by atoms with Gasteiger partial charge in [-0.2, -0.15) is 0 Å². The number of hydrazine groups is 1. The first-order valence-electron chi connectivity index (χ1n) is 6.43. The second-order valence-corrected chi connectivity index (χ2v) is 6.34. The lowest BCUT2D eigenvalue weighted by Gasteiger charge is -2.18. The number of thiophene rings is 1. The Kier molecular flexibility index (Phi) is 4.99. The maximum Gasteiger partial charge on any atom is 0.0510 e. The molecule has 0 bridgehead atoms. The molecule has 0 amide bonds. The molecule has 1 unspecified atom stereocenters. The maximum atomic E-state index is 6.00. The van der Waals surface area contributed by atoms with E-state index in [2.05, 4.69) is 37.5 Å². The van der Waals surface area contributed by atoms with Crippen LogP contribution in [0.25, 0.3) is 0 Å². The Balaban J connectivity index is 2.19. The van der Waals surface area contributed by atoms with Crippen LogP contribution in [0.1, 0.15) is 33.8 Å². The quantitative estimate of drug-likeness (QED) is 0.646. The predicted octanol–water partition coefficient (Wildman–Crippen LogP) is 4.02. The molecule has 1 aromatic carbocycles.